The van der Waals surface area contributed by atoms with Gasteiger partial charge in [0, 0.05) is 26.2 Å². The van der Waals surface area contributed by atoms with E-state index in [0.717, 1.165) is 68.8 Å². The van der Waals surface area contributed by atoms with Crippen LogP contribution in [0.1, 0.15) is 19.3 Å². The number of nitrogens with zero attached hydrogens (tertiary/aromatic N) is 6. The third kappa shape index (κ3) is 5.63. The molecular weight excluding hydrogens is 394 g/mol. The van der Waals surface area contributed by atoms with Crippen molar-refractivity contribution in [2.24, 2.45) is 0 Å². The first-order valence-corrected chi connectivity index (χ1v) is 9.61. The van der Waals surface area contributed by atoms with Gasteiger partial charge in [0.1, 0.15) is 12.1 Å². The molecule has 2 saturated heterocycles. The van der Waals surface area contributed by atoms with Gasteiger partial charge in [0.2, 0.25) is 5.91 Å². The minimum absolute atomic E-state index is 0.0659. The Morgan fingerprint density at radius 1 is 1.10 bits per heavy atom. The number of likely N-dealkylation sites (N-methyl/N-ethyl adjacent to an activating group) is 1. The highest BCUT2D eigenvalue weighted by Gasteiger charge is 2.32. The SMILES string of the molecule is CN1CCC[C@H]1C(=O)N1CCCN(c2ncnc3[nH]ncc23)CC1.O=CO.O=CO. The zero-order valence-electron chi connectivity index (χ0n) is 16.8. The number of carboxylic acid groups (broad SMARTS) is 2. The number of fused-ring (bicyclic) bond motifs is 1. The predicted molar refractivity (Wildman–Crippen MR) is 108 cm³/mol. The highest BCUT2D eigenvalue weighted by Crippen LogP contribution is 2.23. The van der Waals surface area contributed by atoms with Gasteiger partial charge in [0.05, 0.1) is 17.6 Å². The Balaban J connectivity index is 0.000000480. The van der Waals surface area contributed by atoms with Crippen molar-refractivity contribution >= 4 is 35.7 Å². The van der Waals surface area contributed by atoms with Gasteiger partial charge in [-0.25, -0.2) is 9.97 Å². The van der Waals surface area contributed by atoms with E-state index >= 15 is 0 Å². The van der Waals surface area contributed by atoms with E-state index in [4.69, 9.17) is 19.8 Å². The van der Waals surface area contributed by atoms with Crippen molar-refractivity contribution in [3.05, 3.63) is 12.5 Å². The maximum atomic E-state index is 12.8. The number of hydrogen-bond donors (Lipinski definition) is 3. The summed E-state index contributed by atoms with van der Waals surface area (Å²) in [5, 5.41) is 21.7. The second-order valence-corrected chi connectivity index (χ2v) is 6.84. The number of hydrogen-bond acceptors (Lipinski definition) is 8. The molecule has 30 heavy (non-hydrogen) atoms. The molecule has 2 aromatic heterocycles. The molecule has 2 aliphatic heterocycles. The zero-order valence-corrected chi connectivity index (χ0v) is 16.8. The first kappa shape index (κ1) is 23.0. The van der Waals surface area contributed by atoms with E-state index in [1.54, 1.807) is 12.5 Å². The Labute approximate surface area is 173 Å². The van der Waals surface area contributed by atoms with E-state index < -0.39 is 0 Å². The molecule has 4 rings (SSSR count). The predicted octanol–water partition coefficient (Wildman–Crippen LogP) is -0.113. The van der Waals surface area contributed by atoms with Gasteiger partial charge in [-0.15, -0.1) is 0 Å². The molecule has 164 valence electrons. The molecule has 0 spiro atoms. The molecule has 2 aromatic rings. The quantitative estimate of drug-likeness (QED) is 0.559. The molecule has 1 amide bonds. The normalized spacial score (nSPS) is 19.2. The van der Waals surface area contributed by atoms with Gasteiger partial charge in [-0.2, -0.15) is 5.10 Å². The molecule has 12 heteroatoms. The second kappa shape index (κ2) is 11.7. The van der Waals surface area contributed by atoms with Crippen LogP contribution in [0.3, 0.4) is 0 Å². The zero-order chi connectivity index (χ0) is 21.9. The van der Waals surface area contributed by atoms with E-state index in [2.05, 4.69) is 37.0 Å². The van der Waals surface area contributed by atoms with Crippen LogP contribution in [0.4, 0.5) is 5.82 Å². The molecule has 4 heterocycles. The summed E-state index contributed by atoms with van der Waals surface area (Å²) in [7, 11) is 2.05. The third-order valence-corrected chi connectivity index (χ3v) is 5.14. The maximum Gasteiger partial charge on any atom is 0.290 e. The summed E-state index contributed by atoms with van der Waals surface area (Å²) in [5.74, 6) is 1.19. The molecular formula is C18H27N7O5. The summed E-state index contributed by atoms with van der Waals surface area (Å²) in [6.45, 7) is 3.77. The lowest BCUT2D eigenvalue weighted by atomic mass is 10.2. The summed E-state index contributed by atoms with van der Waals surface area (Å²) in [6.07, 6.45) is 6.39. The van der Waals surface area contributed by atoms with E-state index in [1.807, 2.05) is 4.90 Å². The van der Waals surface area contributed by atoms with Crippen molar-refractivity contribution in [3.8, 4) is 0 Å². The lowest BCUT2D eigenvalue weighted by Gasteiger charge is -2.27. The van der Waals surface area contributed by atoms with Crippen LogP contribution in [-0.2, 0) is 14.4 Å². The second-order valence-electron chi connectivity index (χ2n) is 6.84. The van der Waals surface area contributed by atoms with Crippen LogP contribution in [0, 0.1) is 0 Å². The molecule has 3 N–H and O–H groups in total. The van der Waals surface area contributed by atoms with E-state index in [9.17, 15) is 4.79 Å². The summed E-state index contributed by atoms with van der Waals surface area (Å²) in [5.41, 5.74) is 0.754. The fourth-order valence-corrected chi connectivity index (χ4v) is 3.79. The van der Waals surface area contributed by atoms with Crippen molar-refractivity contribution in [1.82, 2.24) is 30.0 Å². The van der Waals surface area contributed by atoms with Gasteiger partial charge >= 0.3 is 0 Å². The number of rotatable bonds is 2. The summed E-state index contributed by atoms with van der Waals surface area (Å²) < 4.78 is 0. The number of aromatic nitrogens is 4. The first-order valence-electron chi connectivity index (χ1n) is 9.61. The van der Waals surface area contributed by atoms with Crippen LogP contribution < -0.4 is 4.90 Å². The van der Waals surface area contributed by atoms with Crippen molar-refractivity contribution in [1.29, 1.82) is 0 Å². The van der Waals surface area contributed by atoms with Gasteiger partial charge < -0.3 is 20.0 Å². The molecule has 0 unspecified atom stereocenters. The van der Waals surface area contributed by atoms with Crippen molar-refractivity contribution in [2.75, 3.05) is 44.7 Å². The fourth-order valence-electron chi connectivity index (χ4n) is 3.79. The van der Waals surface area contributed by atoms with Crippen LogP contribution >= 0.6 is 0 Å². The topological polar surface area (TPSA) is 156 Å². The molecule has 2 fully saturated rings. The smallest absolute Gasteiger partial charge is 0.290 e. The largest absolute Gasteiger partial charge is 0.483 e. The third-order valence-electron chi connectivity index (χ3n) is 5.14. The van der Waals surface area contributed by atoms with Crippen LogP contribution in [-0.4, -0.2) is 105 Å². The molecule has 1 atom stereocenters. The van der Waals surface area contributed by atoms with E-state index in [0.29, 0.717) is 0 Å². The summed E-state index contributed by atoms with van der Waals surface area (Å²) in [4.78, 5) is 44.6. The number of anilines is 1. The molecule has 0 saturated carbocycles. The van der Waals surface area contributed by atoms with E-state index in [-0.39, 0.29) is 24.9 Å². The average molecular weight is 421 g/mol. The summed E-state index contributed by atoms with van der Waals surface area (Å²) >= 11 is 0. The molecule has 0 bridgehead atoms. The van der Waals surface area contributed by atoms with Crippen LogP contribution in [0.5, 0.6) is 0 Å². The van der Waals surface area contributed by atoms with Gasteiger partial charge in [0.15, 0.2) is 5.65 Å². The van der Waals surface area contributed by atoms with Crippen LogP contribution in [0.15, 0.2) is 12.5 Å². The van der Waals surface area contributed by atoms with Gasteiger partial charge in [0.25, 0.3) is 12.9 Å². The first-order chi connectivity index (χ1) is 14.6. The minimum Gasteiger partial charge on any atom is -0.483 e. The Hall–Kier alpha value is -3.28. The maximum absolute atomic E-state index is 12.8. The summed E-state index contributed by atoms with van der Waals surface area (Å²) in [6, 6.07) is 0.0659. The van der Waals surface area contributed by atoms with Gasteiger partial charge in [-0.05, 0) is 32.9 Å². The number of amides is 1. The Morgan fingerprint density at radius 3 is 2.50 bits per heavy atom. The number of aromatic amines is 1. The van der Waals surface area contributed by atoms with Crippen molar-refractivity contribution < 1.29 is 24.6 Å². The highest BCUT2D eigenvalue weighted by atomic mass is 16.3. The molecule has 12 nitrogen and oxygen atoms in total. The number of carbonyl (C=O) groups excluding carboxylic acids is 1. The van der Waals surface area contributed by atoms with Crippen molar-refractivity contribution in [3.63, 3.8) is 0 Å². The average Bonchev–Trinajstić information content (AvgIpc) is 3.31. The number of carbonyl (C=O) groups is 3. The molecule has 0 radical (unpaired) electrons. The van der Waals surface area contributed by atoms with Crippen LogP contribution in [0.25, 0.3) is 11.0 Å². The molecule has 2 aliphatic rings. The molecule has 0 aliphatic carbocycles. The van der Waals surface area contributed by atoms with Gasteiger partial charge in [-0.3, -0.25) is 24.4 Å². The highest BCUT2D eigenvalue weighted by molar-refractivity contribution is 5.86. The Bertz CT molecular complexity index is 824. The van der Waals surface area contributed by atoms with Crippen LogP contribution in [0.2, 0.25) is 0 Å². The number of H-pyrrole nitrogens is 1. The Morgan fingerprint density at radius 2 is 1.83 bits per heavy atom. The Kier molecular flexibility index (Phi) is 8.94. The molecule has 0 aromatic carbocycles. The number of nitrogens with one attached hydrogen (secondary N) is 1. The number of likely N-dealkylation sites (tertiary alicyclic amines) is 1. The standard InChI is InChI=1S/C16H23N7O.2CH2O2/c1-21-5-2-4-13(21)16(24)23-7-3-6-22(8-9-23)15-12-10-19-20-14(12)17-11-18-15;2*2-1-3/h10-11,13H,2-9H2,1H3,(H,17,18,19,20);2*1H,(H,2,3)/t13-;;/m0../s1. The van der Waals surface area contributed by atoms with Gasteiger partial charge in [-0.1, -0.05) is 0 Å². The lowest BCUT2D eigenvalue weighted by Crippen LogP contribution is -2.45. The van der Waals surface area contributed by atoms with Crippen molar-refractivity contribution in [2.45, 2.75) is 25.3 Å². The van der Waals surface area contributed by atoms with E-state index in [1.165, 1.54) is 0 Å². The fraction of sp³-hybridized carbons (Fsp3) is 0.556. The monoisotopic (exact) mass is 421 g/mol. The lowest BCUT2D eigenvalue weighted by molar-refractivity contribution is -0.135. The minimum atomic E-state index is -0.250.